The van der Waals surface area contributed by atoms with Gasteiger partial charge in [-0.3, -0.25) is 14.9 Å². The fourth-order valence-electron chi connectivity index (χ4n) is 2.94. The predicted molar refractivity (Wildman–Crippen MR) is 99.9 cm³/mol. The topological polar surface area (TPSA) is 70.4 Å². The normalized spacial score (nSPS) is 14.2. The average molecular weight is 331 g/mol. The molecule has 0 spiro atoms. The summed E-state index contributed by atoms with van der Waals surface area (Å²) in [4.78, 5) is 16.7. The van der Waals surface area contributed by atoms with Crippen molar-refractivity contribution in [3.8, 4) is 11.6 Å². The lowest BCUT2D eigenvalue weighted by molar-refractivity contribution is 0.432. The quantitative estimate of drug-likeness (QED) is 0.768. The van der Waals surface area contributed by atoms with E-state index >= 15 is 0 Å². The molecule has 5 heteroatoms. The molecule has 25 heavy (non-hydrogen) atoms. The van der Waals surface area contributed by atoms with Crippen LogP contribution >= 0.6 is 0 Å². The van der Waals surface area contributed by atoms with E-state index < -0.39 is 0 Å². The largest absolute Gasteiger partial charge is 0.493 e. The fraction of sp³-hybridized carbons (Fsp3) is 0.100. The second-order valence-corrected chi connectivity index (χ2v) is 5.91. The highest BCUT2D eigenvalue weighted by Gasteiger charge is 2.17. The van der Waals surface area contributed by atoms with Gasteiger partial charge in [0.2, 0.25) is 5.88 Å². The summed E-state index contributed by atoms with van der Waals surface area (Å²) in [5.74, 6) is -0.112. The minimum Gasteiger partial charge on any atom is -0.493 e. The molecule has 0 amide bonds. The number of nitrogens with zero attached hydrogens (tertiary/aromatic N) is 2. The highest BCUT2D eigenvalue weighted by Crippen LogP contribution is 2.33. The first-order chi connectivity index (χ1) is 12.2. The van der Waals surface area contributed by atoms with Crippen molar-refractivity contribution in [2.45, 2.75) is 13.3 Å². The maximum absolute atomic E-state index is 12.3. The maximum atomic E-state index is 12.3. The van der Waals surface area contributed by atoms with E-state index in [0.29, 0.717) is 5.69 Å². The zero-order valence-corrected chi connectivity index (χ0v) is 13.7. The summed E-state index contributed by atoms with van der Waals surface area (Å²) in [5, 5.41) is 13.2. The summed E-state index contributed by atoms with van der Waals surface area (Å²) in [6.07, 6.45) is 4.31. The van der Waals surface area contributed by atoms with E-state index in [1.54, 1.807) is 12.3 Å². The fourth-order valence-corrected chi connectivity index (χ4v) is 2.94. The number of rotatable bonds is 3. The third-order valence-electron chi connectivity index (χ3n) is 4.37. The number of allylic oxidation sites excluding steroid dienone is 1. The first-order valence-electron chi connectivity index (χ1n) is 8.16. The van der Waals surface area contributed by atoms with Crippen molar-refractivity contribution in [1.82, 2.24) is 9.78 Å². The van der Waals surface area contributed by atoms with E-state index in [9.17, 15) is 9.90 Å². The Bertz CT molecular complexity index is 1050. The Hall–Kier alpha value is -3.34. The van der Waals surface area contributed by atoms with E-state index in [-0.39, 0.29) is 17.0 Å². The second kappa shape index (κ2) is 5.94. The van der Waals surface area contributed by atoms with Crippen LogP contribution in [0.1, 0.15) is 23.6 Å². The van der Waals surface area contributed by atoms with Crippen LogP contribution in [0.4, 0.5) is 5.69 Å². The number of hydrogen-bond donors (Lipinski definition) is 2. The minimum absolute atomic E-state index is 0.112. The summed E-state index contributed by atoms with van der Waals surface area (Å²) in [7, 11) is 0. The van der Waals surface area contributed by atoms with Crippen molar-refractivity contribution < 1.29 is 5.11 Å². The van der Waals surface area contributed by atoms with Gasteiger partial charge in [-0.15, -0.1) is 0 Å². The SMILES string of the molecule is CCc1ccc(-n2[nH]c(=O)c(/C=C3\C=Nc4ccccc43)c2O)cc1. The molecule has 2 heterocycles. The van der Waals surface area contributed by atoms with Crippen LogP contribution in [0.5, 0.6) is 5.88 Å². The molecule has 0 radical (unpaired) electrons. The van der Waals surface area contributed by atoms with Crippen molar-refractivity contribution in [2.24, 2.45) is 4.99 Å². The van der Waals surface area contributed by atoms with Gasteiger partial charge in [-0.1, -0.05) is 37.3 Å². The highest BCUT2D eigenvalue weighted by molar-refractivity contribution is 6.21. The van der Waals surface area contributed by atoms with Crippen molar-refractivity contribution in [3.05, 3.63) is 75.6 Å². The van der Waals surface area contributed by atoms with Crippen LogP contribution < -0.4 is 5.56 Å². The molecule has 1 aromatic heterocycles. The monoisotopic (exact) mass is 331 g/mol. The van der Waals surface area contributed by atoms with Gasteiger partial charge in [-0.05, 0) is 36.3 Å². The molecule has 0 aliphatic carbocycles. The minimum atomic E-state index is -0.345. The molecule has 0 bridgehead atoms. The Morgan fingerprint density at radius 1 is 1.16 bits per heavy atom. The van der Waals surface area contributed by atoms with Crippen LogP contribution in [0.3, 0.4) is 0 Å². The van der Waals surface area contributed by atoms with E-state index in [2.05, 4.69) is 17.0 Å². The molecule has 124 valence electrons. The van der Waals surface area contributed by atoms with Crippen LogP contribution in [0.25, 0.3) is 17.3 Å². The molecule has 4 rings (SSSR count). The number of nitrogens with one attached hydrogen (secondary N) is 1. The number of fused-ring (bicyclic) bond motifs is 1. The van der Waals surface area contributed by atoms with Crippen LogP contribution in [-0.2, 0) is 6.42 Å². The molecular weight excluding hydrogens is 314 g/mol. The Morgan fingerprint density at radius 2 is 1.92 bits per heavy atom. The molecule has 0 saturated carbocycles. The molecule has 1 aliphatic rings. The zero-order valence-electron chi connectivity index (χ0n) is 13.7. The number of aromatic amines is 1. The molecule has 3 aromatic rings. The van der Waals surface area contributed by atoms with Crippen molar-refractivity contribution in [2.75, 3.05) is 0 Å². The van der Waals surface area contributed by atoms with Gasteiger partial charge in [-0.25, -0.2) is 4.68 Å². The standard InChI is InChI=1S/C20H17N3O2/c1-2-13-7-9-15(10-8-13)23-20(25)17(19(24)22-23)11-14-12-21-18-6-4-3-5-16(14)18/h3-12,25H,2H2,1H3,(H,22,24)/b14-11+. The number of aromatic nitrogens is 2. The van der Waals surface area contributed by atoms with Crippen LogP contribution in [0.15, 0.2) is 58.3 Å². The zero-order chi connectivity index (χ0) is 17.4. The number of aromatic hydroxyl groups is 1. The number of aliphatic imine (C=N–C) groups is 1. The smallest absolute Gasteiger partial charge is 0.275 e. The number of para-hydroxylation sites is 1. The van der Waals surface area contributed by atoms with E-state index in [0.717, 1.165) is 23.2 Å². The van der Waals surface area contributed by atoms with Crippen molar-refractivity contribution in [1.29, 1.82) is 0 Å². The molecule has 2 N–H and O–H groups in total. The Kier molecular flexibility index (Phi) is 3.61. The Morgan fingerprint density at radius 3 is 2.68 bits per heavy atom. The van der Waals surface area contributed by atoms with Gasteiger partial charge < -0.3 is 5.11 Å². The van der Waals surface area contributed by atoms with Crippen molar-refractivity contribution >= 4 is 23.6 Å². The lowest BCUT2D eigenvalue weighted by Crippen LogP contribution is -2.05. The predicted octanol–water partition coefficient (Wildman–Crippen LogP) is 3.69. The lowest BCUT2D eigenvalue weighted by atomic mass is 10.1. The molecule has 0 fully saturated rings. The summed E-state index contributed by atoms with van der Waals surface area (Å²) in [5.41, 5.74) is 4.38. The van der Waals surface area contributed by atoms with Gasteiger partial charge >= 0.3 is 0 Å². The van der Waals surface area contributed by atoms with Gasteiger partial charge in [0.15, 0.2) is 0 Å². The number of H-pyrrole nitrogens is 1. The van der Waals surface area contributed by atoms with Gasteiger partial charge in [0.1, 0.15) is 5.56 Å². The Labute approximate surface area is 144 Å². The summed E-state index contributed by atoms with van der Waals surface area (Å²) in [6, 6.07) is 15.4. The second-order valence-electron chi connectivity index (χ2n) is 5.91. The third kappa shape index (κ3) is 2.59. The number of hydrogen-bond acceptors (Lipinski definition) is 3. The molecule has 2 aromatic carbocycles. The first-order valence-corrected chi connectivity index (χ1v) is 8.16. The van der Waals surface area contributed by atoms with E-state index in [1.807, 2.05) is 48.5 Å². The summed E-state index contributed by atoms with van der Waals surface area (Å²) < 4.78 is 1.40. The first kappa shape index (κ1) is 15.2. The molecule has 0 saturated heterocycles. The molecule has 0 atom stereocenters. The molecule has 0 unspecified atom stereocenters. The summed E-state index contributed by atoms with van der Waals surface area (Å²) >= 11 is 0. The van der Waals surface area contributed by atoms with Crippen LogP contribution in [0.2, 0.25) is 0 Å². The maximum Gasteiger partial charge on any atom is 0.275 e. The lowest BCUT2D eigenvalue weighted by Gasteiger charge is -2.05. The van der Waals surface area contributed by atoms with E-state index in [1.165, 1.54) is 10.2 Å². The van der Waals surface area contributed by atoms with Crippen molar-refractivity contribution in [3.63, 3.8) is 0 Å². The Balaban J connectivity index is 1.78. The molecule has 1 aliphatic heterocycles. The average Bonchev–Trinajstić information content (AvgIpc) is 3.18. The van der Waals surface area contributed by atoms with Gasteiger partial charge in [0.25, 0.3) is 5.56 Å². The van der Waals surface area contributed by atoms with Gasteiger partial charge in [0.05, 0.1) is 11.4 Å². The number of benzene rings is 2. The van der Waals surface area contributed by atoms with Crippen LogP contribution in [-0.4, -0.2) is 21.1 Å². The van der Waals surface area contributed by atoms with Gasteiger partial charge in [-0.2, -0.15) is 0 Å². The third-order valence-corrected chi connectivity index (χ3v) is 4.37. The van der Waals surface area contributed by atoms with Crippen LogP contribution in [0, 0.1) is 0 Å². The highest BCUT2D eigenvalue weighted by atomic mass is 16.3. The molecular formula is C20H17N3O2. The van der Waals surface area contributed by atoms with Gasteiger partial charge in [0, 0.05) is 17.4 Å². The van der Waals surface area contributed by atoms with E-state index in [4.69, 9.17) is 0 Å². The number of aryl methyl sites for hydroxylation is 1. The molecule has 5 nitrogen and oxygen atoms in total. The summed E-state index contributed by atoms with van der Waals surface area (Å²) in [6.45, 7) is 2.08.